The first-order chi connectivity index (χ1) is 10.4. The van der Waals surface area contributed by atoms with E-state index in [2.05, 4.69) is 47.8 Å². The van der Waals surface area contributed by atoms with Gasteiger partial charge in [-0.15, -0.1) is 0 Å². The molecule has 1 aromatic heterocycles. The Morgan fingerprint density at radius 1 is 1.00 bits per heavy atom. The molecule has 108 valence electrons. The van der Waals surface area contributed by atoms with Gasteiger partial charge in [0.2, 0.25) is 0 Å². The first-order valence-electron chi connectivity index (χ1n) is 7.21. The predicted octanol–water partition coefficient (Wildman–Crippen LogP) is 3.11. The first kappa shape index (κ1) is 13.9. The Morgan fingerprint density at radius 3 is 2.67 bits per heavy atom. The number of aliphatic hydroxyl groups excluding tert-OH is 1. The number of benzene rings is 2. The van der Waals surface area contributed by atoms with Gasteiger partial charge in [-0.1, -0.05) is 42.5 Å². The summed E-state index contributed by atoms with van der Waals surface area (Å²) in [5, 5.41) is 13.1. The van der Waals surface area contributed by atoms with E-state index in [0.29, 0.717) is 6.54 Å². The zero-order chi connectivity index (χ0) is 14.5. The number of furan rings is 1. The molecular formula is C18H19NO2. The van der Waals surface area contributed by atoms with Gasteiger partial charge in [-0.2, -0.15) is 0 Å². The smallest absolute Gasteiger partial charge is 0.134 e. The number of hydrogen-bond acceptors (Lipinski definition) is 3. The van der Waals surface area contributed by atoms with Gasteiger partial charge >= 0.3 is 0 Å². The van der Waals surface area contributed by atoms with E-state index in [1.165, 1.54) is 16.5 Å². The standard InChI is InChI=1S/C18H19NO2/c20-9-8-19-12-15-6-7-17-16(13-21-18(17)11-15)10-14-4-2-1-3-5-14/h1-7,11,13,19-20H,8-10,12H2. The van der Waals surface area contributed by atoms with Crippen LogP contribution in [0.25, 0.3) is 11.0 Å². The molecule has 0 aliphatic carbocycles. The lowest BCUT2D eigenvalue weighted by Gasteiger charge is -2.03. The van der Waals surface area contributed by atoms with Gasteiger partial charge in [-0.3, -0.25) is 0 Å². The molecule has 2 N–H and O–H groups in total. The molecule has 0 fully saturated rings. The number of nitrogens with one attached hydrogen (secondary N) is 1. The van der Waals surface area contributed by atoms with Crippen LogP contribution in [0.3, 0.4) is 0 Å². The molecule has 3 rings (SSSR count). The van der Waals surface area contributed by atoms with E-state index in [9.17, 15) is 0 Å². The van der Waals surface area contributed by atoms with Crippen molar-refractivity contribution in [1.82, 2.24) is 5.32 Å². The fourth-order valence-corrected chi connectivity index (χ4v) is 2.50. The van der Waals surface area contributed by atoms with Gasteiger partial charge in [0.1, 0.15) is 5.58 Å². The molecule has 0 aliphatic rings. The van der Waals surface area contributed by atoms with Gasteiger partial charge in [0.25, 0.3) is 0 Å². The molecular weight excluding hydrogens is 262 g/mol. The average molecular weight is 281 g/mol. The molecule has 2 aromatic carbocycles. The number of hydrogen-bond donors (Lipinski definition) is 2. The van der Waals surface area contributed by atoms with E-state index in [1.54, 1.807) is 0 Å². The molecule has 0 radical (unpaired) electrons. The Hall–Kier alpha value is -2.10. The predicted molar refractivity (Wildman–Crippen MR) is 84.3 cm³/mol. The van der Waals surface area contributed by atoms with Gasteiger partial charge in [0, 0.05) is 30.5 Å². The number of aliphatic hydroxyl groups is 1. The molecule has 0 spiro atoms. The third-order valence-electron chi connectivity index (χ3n) is 3.58. The number of rotatable bonds is 6. The molecule has 0 saturated carbocycles. The van der Waals surface area contributed by atoms with Crippen LogP contribution in [0.1, 0.15) is 16.7 Å². The highest BCUT2D eigenvalue weighted by Gasteiger charge is 2.07. The summed E-state index contributed by atoms with van der Waals surface area (Å²) in [7, 11) is 0. The van der Waals surface area contributed by atoms with Crippen molar-refractivity contribution in [2.75, 3.05) is 13.2 Å². The second-order valence-electron chi connectivity index (χ2n) is 5.15. The summed E-state index contributed by atoms with van der Waals surface area (Å²) in [6.45, 7) is 1.50. The van der Waals surface area contributed by atoms with Crippen LogP contribution in [0.2, 0.25) is 0 Å². The summed E-state index contributed by atoms with van der Waals surface area (Å²) in [6, 6.07) is 16.7. The van der Waals surface area contributed by atoms with Crippen LogP contribution in [-0.2, 0) is 13.0 Å². The highest BCUT2D eigenvalue weighted by molar-refractivity contribution is 5.82. The van der Waals surface area contributed by atoms with Crippen molar-refractivity contribution in [2.45, 2.75) is 13.0 Å². The SMILES string of the molecule is OCCNCc1ccc2c(Cc3ccccc3)coc2c1. The maximum atomic E-state index is 8.78. The maximum Gasteiger partial charge on any atom is 0.134 e. The van der Waals surface area contributed by atoms with Crippen LogP contribution in [0.5, 0.6) is 0 Å². The van der Waals surface area contributed by atoms with Crippen LogP contribution in [-0.4, -0.2) is 18.3 Å². The van der Waals surface area contributed by atoms with Crippen molar-refractivity contribution in [3.05, 3.63) is 71.5 Å². The quantitative estimate of drug-likeness (QED) is 0.682. The molecule has 0 bridgehead atoms. The zero-order valence-electron chi connectivity index (χ0n) is 11.9. The van der Waals surface area contributed by atoms with Crippen LogP contribution >= 0.6 is 0 Å². The minimum Gasteiger partial charge on any atom is -0.464 e. The lowest BCUT2D eigenvalue weighted by Crippen LogP contribution is -2.17. The molecule has 0 aliphatic heterocycles. The second-order valence-corrected chi connectivity index (χ2v) is 5.15. The molecule has 21 heavy (non-hydrogen) atoms. The Balaban J connectivity index is 1.79. The van der Waals surface area contributed by atoms with E-state index in [1.807, 2.05) is 12.3 Å². The fourth-order valence-electron chi connectivity index (χ4n) is 2.50. The Kier molecular flexibility index (Phi) is 4.34. The maximum absolute atomic E-state index is 8.78. The zero-order valence-corrected chi connectivity index (χ0v) is 11.9. The minimum atomic E-state index is 0.157. The van der Waals surface area contributed by atoms with Crippen molar-refractivity contribution in [1.29, 1.82) is 0 Å². The Labute approximate surface area is 124 Å². The molecule has 3 heteroatoms. The van der Waals surface area contributed by atoms with E-state index < -0.39 is 0 Å². The van der Waals surface area contributed by atoms with E-state index in [-0.39, 0.29) is 6.61 Å². The van der Waals surface area contributed by atoms with Gasteiger partial charge in [0.05, 0.1) is 12.9 Å². The summed E-state index contributed by atoms with van der Waals surface area (Å²) < 4.78 is 5.69. The van der Waals surface area contributed by atoms with Crippen molar-refractivity contribution in [3.63, 3.8) is 0 Å². The molecule has 1 heterocycles. The van der Waals surface area contributed by atoms with E-state index in [0.717, 1.165) is 24.1 Å². The highest BCUT2D eigenvalue weighted by Crippen LogP contribution is 2.24. The molecule has 0 amide bonds. The third kappa shape index (κ3) is 3.32. The van der Waals surface area contributed by atoms with Crippen molar-refractivity contribution >= 4 is 11.0 Å². The molecule has 0 unspecified atom stereocenters. The van der Waals surface area contributed by atoms with Crippen molar-refractivity contribution < 1.29 is 9.52 Å². The summed E-state index contributed by atoms with van der Waals surface area (Å²) in [5.41, 5.74) is 4.58. The Bertz CT molecular complexity index is 704. The highest BCUT2D eigenvalue weighted by atomic mass is 16.3. The fraction of sp³-hybridized carbons (Fsp3) is 0.222. The normalized spacial score (nSPS) is 11.1. The first-order valence-corrected chi connectivity index (χ1v) is 7.21. The van der Waals surface area contributed by atoms with Crippen molar-refractivity contribution in [3.8, 4) is 0 Å². The van der Waals surface area contributed by atoms with Crippen LogP contribution in [0, 0.1) is 0 Å². The van der Waals surface area contributed by atoms with Gasteiger partial charge in [-0.25, -0.2) is 0 Å². The van der Waals surface area contributed by atoms with Crippen LogP contribution in [0.15, 0.2) is 59.2 Å². The van der Waals surface area contributed by atoms with Crippen LogP contribution in [0.4, 0.5) is 0 Å². The summed E-state index contributed by atoms with van der Waals surface area (Å²) in [5.74, 6) is 0. The third-order valence-corrected chi connectivity index (χ3v) is 3.58. The molecule has 0 saturated heterocycles. The Morgan fingerprint density at radius 2 is 1.86 bits per heavy atom. The van der Waals surface area contributed by atoms with E-state index >= 15 is 0 Å². The summed E-state index contributed by atoms with van der Waals surface area (Å²) in [4.78, 5) is 0. The lowest BCUT2D eigenvalue weighted by molar-refractivity contribution is 0.292. The second kappa shape index (κ2) is 6.57. The largest absolute Gasteiger partial charge is 0.464 e. The minimum absolute atomic E-state index is 0.157. The van der Waals surface area contributed by atoms with Gasteiger partial charge < -0.3 is 14.8 Å². The van der Waals surface area contributed by atoms with Crippen LogP contribution < -0.4 is 5.32 Å². The molecule has 3 nitrogen and oxygen atoms in total. The number of fused-ring (bicyclic) bond motifs is 1. The van der Waals surface area contributed by atoms with E-state index in [4.69, 9.17) is 9.52 Å². The van der Waals surface area contributed by atoms with Gasteiger partial charge in [-0.05, 0) is 17.2 Å². The summed E-state index contributed by atoms with van der Waals surface area (Å²) >= 11 is 0. The van der Waals surface area contributed by atoms with Crippen molar-refractivity contribution in [2.24, 2.45) is 0 Å². The average Bonchev–Trinajstić information content (AvgIpc) is 2.91. The van der Waals surface area contributed by atoms with Gasteiger partial charge in [0.15, 0.2) is 0 Å². The summed E-state index contributed by atoms with van der Waals surface area (Å²) in [6.07, 6.45) is 2.73. The lowest BCUT2D eigenvalue weighted by atomic mass is 10.0. The topological polar surface area (TPSA) is 45.4 Å². The molecule has 0 atom stereocenters. The monoisotopic (exact) mass is 281 g/mol. The molecule has 3 aromatic rings.